The van der Waals surface area contributed by atoms with Crippen LogP contribution in [0.3, 0.4) is 0 Å². The summed E-state index contributed by atoms with van der Waals surface area (Å²) in [6, 6.07) is 12.3. The average Bonchev–Trinajstić information content (AvgIpc) is 3.09. The van der Waals surface area contributed by atoms with E-state index in [1.54, 1.807) is 29.2 Å². The molecule has 6 nitrogen and oxygen atoms in total. The number of ether oxygens (including phenoxy) is 1. The van der Waals surface area contributed by atoms with Crippen molar-refractivity contribution in [1.29, 1.82) is 0 Å². The minimum atomic E-state index is -0.660. The van der Waals surface area contributed by atoms with E-state index in [2.05, 4.69) is 25.3 Å². The van der Waals surface area contributed by atoms with Gasteiger partial charge in [0.15, 0.2) is 0 Å². The third-order valence-corrected chi connectivity index (χ3v) is 6.29. The maximum atomic E-state index is 13.2. The Morgan fingerprint density at radius 3 is 2.38 bits per heavy atom. The number of hydrogen-bond acceptors (Lipinski definition) is 5. The summed E-state index contributed by atoms with van der Waals surface area (Å²) in [6.07, 6.45) is 1.66. The SMILES string of the molecule is C=CCOc1ccc(C(O)=C2C(=O)C(=O)N(CCN(CC)CC)C2c2ccc(C)cc2)cc1C. The molecule has 1 N–H and O–H groups in total. The lowest BCUT2D eigenvalue weighted by molar-refractivity contribution is -0.140. The first-order valence-corrected chi connectivity index (χ1v) is 11.7. The van der Waals surface area contributed by atoms with E-state index in [1.165, 1.54) is 0 Å². The van der Waals surface area contributed by atoms with Crippen molar-refractivity contribution in [3.63, 3.8) is 0 Å². The predicted octanol–water partition coefficient (Wildman–Crippen LogP) is 4.63. The lowest BCUT2D eigenvalue weighted by Crippen LogP contribution is -2.38. The Balaban J connectivity index is 2.07. The summed E-state index contributed by atoms with van der Waals surface area (Å²) in [7, 11) is 0. The first kappa shape index (κ1) is 25.2. The van der Waals surface area contributed by atoms with Crippen LogP contribution < -0.4 is 4.74 Å². The first-order valence-electron chi connectivity index (χ1n) is 11.7. The molecule has 1 aliphatic heterocycles. The van der Waals surface area contributed by atoms with Crippen LogP contribution in [0, 0.1) is 13.8 Å². The van der Waals surface area contributed by atoms with E-state index in [4.69, 9.17) is 4.74 Å². The van der Waals surface area contributed by atoms with Gasteiger partial charge >= 0.3 is 0 Å². The van der Waals surface area contributed by atoms with Crippen molar-refractivity contribution in [1.82, 2.24) is 9.80 Å². The van der Waals surface area contributed by atoms with Crippen LogP contribution >= 0.6 is 0 Å². The van der Waals surface area contributed by atoms with Gasteiger partial charge in [-0.05, 0) is 56.3 Å². The molecule has 0 aliphatic carbocycles. The second kappa shape index (κ2) is 11.2. The summed E-state index contributed by atoms with van der Waals surface area (Å²) in [4.78, 5) is 30.1. The number of ketones is 1. The Morgan fingerprint density at radius 1 is 1.12 bits per heavy atom. The van der Waals surface area contributed by atoms with Crippen molar-refractivity contribution < 1.29 is 19.4 Å². The van der Waals surface area contributed by atoms with Gasteiger partial charge in [-0.25, -0.2) is 0 Å². The van der Waals surface area contributed by atoms with E-state index in [-0.39, 0.29) is 11.3 Å². The molecule has 0 saturated carbocycles. The zero-order chi connectivity index (χ0) is 24.8. The molecular formula is C28H34N2O4. The minimum absolute atomic E-state index is 0.118. The lowest BCUT2D eigenvalue weighted by atomic mass is 9.94. The van der Waals surface area contributed by atoms with Crippen LogP contribution in [0.1, 0.15) is 42.1 Å². The molecule has 6 heteroatoms. The molecule has 1 fully saturated rings. The summed E-state index contributed by atoms with van der Waals surface area (Å²) in [5, 5.41) is 11.3. The number of nitrogens with zero attached hydrogens (tertiary/aromatic N) is 2. The van der Waals surface area contributed by atoms with Crippen molar-refractivity contribution in [3.05, 3.63) is 82.9 Å². The fraction of sp³-hybridized carbons (Fsp3) is 0.357. The molecule has 1 unspecified atom stereocenters. The van der Waals surface area contributed by atoms with Gasteiger partial charge in [0.1, 0.15) is 18.1 Å². The Hall–Kier alpha value is -3.38. The zero-order valence-corrected chi connectivity index (χ0v) is 20.5. The van der Waals surface area contributed by atoms with Gasteiger partial charge in [0, 0.05) is 18.7 Å². The largest absolute Gasteiger partial charge is 0.507 e. The second-order valence-electron chi connectivity index (χ2n) is 8.51. The summed E-state index contributed by atoms with van der Waals surface area (Å²) in [5.74, 6) is -0.743. The molecule has 0 aromatic heterocycles. The monoisotopic (exact) mass is 462 g/mol. The summed E-state index contributed by atoms with van der Waals surface area (Å²) >= 11 is 0. The van der Waals surface area contributed by atoms with Gasteiger partial charge in [0.2, 0.25) is 0 Å². The maximum absolute atomic E-state index is 13.2. The van der Waals surface area contributed by atoms with E-state index in [9.17, 15) is 14.7 Å². The van der Waals surface area contributed by atoms with Gasteiger partial charge in [-0.3, -0.25) is 9.59 Å². The molecule has 0 spiro atoms. The van der Waals surface area contributed by atoms with Crippen LogP contribution in [0.4, 0.5) is 0 Å². The highest BCUT2D eigenvalue weighted by Gasteiger charge is 2.45. The molecule has 1 atom stereocenters. The maximum Gasteiger partial charge on any atom is 0.295 e. The van der Waals surface area contributed by atoms with Crippen LogP contribution in [0.2, 0.25) is 0 Å². The number of Topliss-reactive ketones (excluding diaryl/α,β-unsaturated/α-hetero) is 1. The van der Waals surface area contributed by atoms with Gasteiger partial charge in [0.05, 0.1) is 11.6 Å². The third kappa shape index (κ3) is 5.23. The summed E-state index contributed by atoms with van der Waals surface area (Å²) < 4.78 is 5.63. The molecule has 34 heavy (non-hydrogen) atoms. The molecule has 1 saturated heterocycles. The molecule has 2 aromatic carbocycles. The van der Waals surface area contributed by atoms with Crippen molar-refractivity contribution >= 4 is 17.4 Å². The van der Waals surface area contributed by atoms with E-state index in [0.29, 0.717) is 31.0 Å². The van der Waals surface area contributed by atoms with E-state index >= 15 is 0 Å². The Morgan fingerprint density at radius 2 is 1.79 bits per heavy atom. The highest BCUT2D eigenvalue weighted by Crippen LogP contribution is 2.39. The normalized spacial score (nSPS) is 17.4. The average molecular weight is 463 g/mol. The smallest absolute Gasteiger partial charge is 0.295 e. The Labute approximate surface area is 202 Å². The molecule has 0 radical (unpaired) electrons. The predicted molar refractivity (Wildman–Crippen MR) is 135 cm³/mol. The van der Waals surface area contributed by atoms with E-state index in [1.807, 2.05) is 38.1 Å². The number of hydrogen-bond donors (Lipinski definition) is 1. The number of carbonyl (C=O) groups is 2. The minimum Gasteiger partial charge on any atom is -0.507 e. The molecule has 3 rings (SSSR count). The fourth-order valence-electron chi connectivity index (χ4n) is 4.26. The van der Waals surface area contributed by atoms with Crippen molar-refractivity contribution in [3.8, 4) is 5.75 Å². The third-order valence-electron chi connectivity index (χ3n) is 6.29. The molecule has 2 aromatic rings. The van der Waals surface area contributed by atoms with Crippen LogP contribution in [-0.4, -0.2) is 59.4 Å². The molecule has 180 valence electrons. The van der Waals surface area contributed by atoms with E-state index in [0.717, 1.165) is 29.8 Å². The van der Waals surface area contributed by atoms with Crippen LogP contribution in [0.5, 0.6) is 5.75 Å². The van der Waals surface area contributed by atoms with Crippen LogP contribution in [0.15, 0.2) is 60.7 Å². The number of aliphatic hydroxyl groups is 1. The highest BCUT2D eigenvalue weighted by atomic mass is 16.5. The van der Waals surface area contributed by atoms with Gasteiger partial charge in [0.25, 0.3) is 11.7 Å². The van der Waals surface area contributed by atoms with Crippen LogP contribution in [0.25, 0.3) is 5.76 Å². The zero-order valence-electron chi connectivity index (χ0n) is 20.5. The van der Waals surface area contributed by atoms with Crippen molar-refractivity contribution in [2.45, 2.75) is 33.7 Å². The number of amides is 1. The standard InChI is InChI=1S/C28H34N2O4/c1-6-17-34-23-14-13-22(18-20(23)5)26(31)24-25(21-11-9-19(4)10-12-21)30(28(33)27(24)32)16-15-29(7-2)8-3/h6,9-14,18,25,31H,1,7-8,15-17H2,2-5H3. The van der Waals surface area contributed by atoms with Gasteiger partial charge in [-0.2, -0.15) is 0 Å². The Bertz CT molecular complexity index is 1080. The molecule has 1 amide bonds. The number of aryl methyl sites for hydroxylation is 2. The summed E-state index contributed by atoms with van der Waals surface area (Å²) in [6.45, 7) is 14.8. The molecular weight excluding hydrogens is 428 g/mol. The number of rotatable bonds is 10. The number of likely N-dealkylation sites (tertiary alicyclic amines) is 1. The number of carbonyl (C=O) groups excluding carboxylic acids is 2. The van der Waals surface area contributed by atoms with Gasteiger partial charge in [-0.15, -0.1) is 0 Å². The van der Waals surface area contributed by atoms with Crippen molar-refractivity contribution in [2.75, 3.05) is 32.8 Å². The topological polar surface area (TPSA) is 70.1 Å². The van der Waals surface area contributed by atoms with Gasteiger partial charge < -0.3 is 19.6 Å². The second-order valence-corrected chi connectivity index (χ2v) is 8.51. The number of likely N-dealkylation sites (N-methyl/N-ethyl adjacent to an activating group) is 1. The van der Waals surface area contributed by atoms with E-state index < -0.39 is 17.7 Å². The summed E-state index contributed by atoms with van der Waals surface area (Å²) in [5.41, 5.74) is 3.28. The van der Waals surface area contributed by atoms with Crippen LogP contribution in [-0.2, 0) is 9.59 Å². The quantitative estimate of drug-likeness (QED) is 0.241. The van der Waals surface area contributed by atoms with Gasteiger partial charge in [-0.1, -0.05) is 56.3 Å². The highest BCUT2D eigenvalue weighted by molar-refractivity contribution is 6.46. The molecule has 1 heterocycles. The fourth-order valence-corrected chi connectivity index (χ4v) is 4.26. The lowest BCUT2D eigenvalue weighted by Gasteiger charge is -2.28. The molecule has 1 aliphatic rings. The first-order chi connectivity index (χ1) is 16.3. The number of aliphatic hydroxyl groups excluding tert-OH is 1. The van der Waals surface area contributed by atoms with Crippen molar-refractivity contribution in [2.24, 2.45) is 0 Å². The number of benzene rings is 2. The molecule has 0 bridgehead atoms. The Kier molecular flexibility index (Phi) is 8.29.